The van der Waals surface area contributed by atoms with Crippen molar-refractivity contribution >= 4 is 0 Å². The lowest BCUT2D eigenvalue weighted by molar-refractivity contribution is 0.269. The van der Waals surface area contributed by atoms with Crippen LogP contribution < -0.4 is 10.2 Å². The van der Waals surface area contributed by atoms with Crippen molar-refractivity contribution in [3.63, 3.8) is 0 Å². The zero-order chi connectivity index (χ0) is 13.2. The average Bonchev–Trinajstić information content (AvgIpc) is 2.76. The summed E-state index contributed by atoms with van der Waals surface area (Å²) in [4.78, 5) is 0. The van der Waals surface area contributed by atoms with Crippen molar-refractivity contribution in [3.8, 4) is 5.75 Å². The molecule has 1 atom stereocenters. The van der Waals surface area contributed by atoms with Crippen LogP contribution in [0, 0.1) is 13.8 Å². The van der Waals surface area contributed by atoms with E-state index in [0.29, 0.717) is 5.92 Å². The van der Waals surface area contributed by atoms with E-state index in [4.69, 9.17) is 4.74 Å². The van der Waals surface area contributed by atoms with Gasteiger partial charge in [0.25, 0.3) is 0 Å². The van der Waals surface area contributed by atoms with Gasteiger partial charge in [-0.05, 0) is 44.0 Å². The molecule has 0 saturated heterocycles. The van der Waals surface area contributed by atoms with Gasteiger partial charge in [0.1, 0.15) is 5.75 Å². The minimum atomic E-state index is 0.520. The molecule has 3 nitrogen and oxygen atoms in total. The second-order valence-electron chi connectivity index (χ2n) is 5.19. The number of hydrogen-bond acceptors (Lipinski definition) is 2. The molecule has 2 aromatic rings. The first kappa shape index (κ1) is 12.2. The van der Waals surface area contributed by atoms with E-state index >= 15 is 0 Å². The Morgan fingerprint density at radius 3 is 2.68 bits per heavy atom. The Morgan fingerprint density at radius 1 is 1.16 bits per heavy atom. The maximum absolute atomic E-state index is 5.70. The van der Waals surface area contributed by atoms with Crippen molar-refractivity contribution in [2.45, 2.75) is 26.2 Å². The summed E-state index contributed by atoms with van der Waals surface area (Å²) in [6, 6.07) is 12.6. The molecule has 1 aliphatic rings. The molecule has 1 aromatic carbocycles. The van der Waals surface area contributed by atoms with Gasteiger partial charge in [-0.25, -0.2) is 0 Å². The highest BCUT2D eigenvalue weighted by molar-refractivity contribution is 5.38. The van der Waals surface area contributed by atoms with Crippen LogP contribution in [0.25, 0.3) is 0 Å². The smallest absolute Gasteiger partial charge is 0.122 e. The molecule has 1 unspecified atom stereocenters. The molecule has 3 heteroatoms. The molecular weight excluding hydrogens is 236 g/mol. The van der Waals surface area contributed by atoms with Gasteiger partial charge < -0.3 is 10.2 Å². The summed E-state index contributed by atoms with van der Waals surface area (Å²) in [5.41, 5.74) is 7.35. The van der Waals surface area contributed by atoms with Crippen LogP contribution in [0.4, 0.5) is 0 Å². The highest BCUT2D eigenvalue weighted by Gasteiger charge is 2.20. The number of aryl methyl sites for hydroxylation is 2. The minimum Gasteiger partial charge on any atom is -0.493 e. The first-order valence-electron chi connectivity index (χ1n) is 6.86. The lowest BCUT2D eigenvalue weighted by atomic mass is 9.93. The molecule has 100 valence electrons. The van der Waals surface area contributed by atoms with Gasteiger partial charge in [-0.2, -0.15) is 0 Å². The van der Waals surface area contributed by atoms with Gasteiger partial charge in [0, 0.05) is 23.9 Å². The third-order valence-electron chi connectivity index (χ3n) is 3.85. The topological polar surface area (TPSA) is 26.2 Å². The van der Waals surface area contributed by atoms with E-state index in [9.17, 15) is 0 Å². The Kier molecular flexibility index (Phi) is 3.20. The second kappa shape index (κ2) is 5.00. The molecule has 1 N–H and O–H groups in total. The summed E-state index contributed by atoms with van der Waals surface area (Å²) >= 11 is 0. The monoisotopic (exact) mass is 256 g/mol. The van der Waals surface area contributed by atoms with Crippen LogP contribution in [0.15, 0.2) is 36.4 Å². The Balaban J connectivity index is 1.75. The molecule has 1 aromatic heterocycles. The molecule has 0 bridgehead atoms. The van der Waals surface area contributed by atoms with Crippen molar-refractivity contribution in [3.05, 3.63) is 53.3 Å². The highest BCUT2D eigenvalue weighted by Crippen LogP contribution is 2.32. The lowest BCUT2D eigenvalue weighted by Gasteiger charge is -2.27. The molecule has 1 aliphatic heterocycles. The van der Waals surface area contributed by atoms with E-state index in [1.54, 1.807) is 0 Å². The summed E-state index contributed by atoms with van der Waals surface area (Å²) in [5, 5.41) is 0. The molecule has 2 heterocycles. The number of hydrogen-bond donors (Lipinski definition) is 1. The molecule has 0 fully saturated rings. The fourth-order valence-corrected chi connectivity index (χ4v) is 2.75. The highest BCUT2D eigenvalue weighted by atomic mass is 16.5. The summed E-state index contributed by atoms with van der Waals surface area (Å²) in [5.74, 6) is 1.56. The van der Waals surface area contributed by atoms with E-state index in [1.165, 1.54) is 17.0 Å². The van der Waals surface area contributed by atoms with Crippen LogP contribution in [-0.4, -0.2) is 17.8 Å². The molecule has 19 heavy (non-hydrogen) atoms. The lowest BCUT2D eigenvalue weighted by Crippen LogP contribution is -2.26. The number of nitrogens with one attached hydrogen (secondary N) is 1. The Hall–Kier alpha value is -1.90. The van der Waals surface area contributed by atoms with E-state index in [0.717, 1.165) is 25.3 Å². The molecule has 0 radical (unpaired) electrons. The van der Waals surface area contributed by atoms with Gasteiger partial charge in [-0.1, -0.05) is 18.2 Å². The summed E-state index contributed by atoms with van der Waals surface area (Å²) in [6.45, 7) is 6.00. The molecule has 3 rings (SSSR count). The SMILES string of the molecule is Cc1ccc(C)n1NCC1CCOc2ccccc21. The predicted molar refractivity (Wildman–Crippen MR) is 77.4 cm³/mol. The third-order valence-corrected chi connectivity index (χ3v) is 3.85. The minimum absolute atomic E-state index is 0.520. The van der Waals surface area contributed by atoms with Crippen molar-refractivity contribution in [1.82, 2.24) is 4.68 Å². The molecular formula is C16H20N2O. The van der Waals surface area contributed by atoms with Crippen LogP contribution in [0.1, 0.15) is 29.3 Å². The molecule has 0 aliphatic carbocycles. The molecule has 0 amide bonds. The van der Waals surface area contributed by atoms with E-state index < -0.39 is 0 Å². The van der Waals surface area contributed by atoms with Crippen molar-refractivity contribution in [2.75, 3.05) is 18.6 Å². The van der Waals surface area contributed by atoms with Gasteiger partial charge in [0.15, 0.2) is 0 Å². The fourth-order valence-electron chi connectivity index (χ4n) is 2.75. The summed E-state index contributed by atoms with van der Waals surface area (Å²) in [6.07, 6.45) is 1.07. The number of benzene rings is 1. The first-order chi connectivity index (χ1) is 9.25. The Morgan fingerprint density at radius 2 is 1.89 bits per heavy atom. The first-order valence-corrected chi connectivity index (χ1v) is 6.86. The number of ether oxygens (including phenoxy) is 1. The normalized spacial score (nSPS) is 17.7. The van der Waals surface area contributed by atoms with Gasteiger partial charge in [0.2, 0.25) is 0 Å². The molecule has 0 saturated carbocycles. The Bertz CT molecular complexity index is 554. The zero-order valence-corrected chi connectivity index (χ0v) is 11.5. The van der Waals surface area contributed by atoms with Crippen LogP contribution in [-0.2, 0) is 0 Å². The van der Waals surface area contributed by atoms with Crippen molar-refractivity contribution < 1.29 is 4.74 Å². The summed E-state index contributed by atoms with van der Waals surface area (Å²) in [7, 11) is 0. The van der Waals surface area contributed by atoms with Crippen LogP contribution in [0.5, 0.6) is 5.75 Å². The number of fused-ring (bicyclic) bond motifs is 1. The number of para-hydroxylation sites is 1. The average molecular weight is 256 g/mol. The quantitative estimate of drug-likeness (QED) is 0.912. The number of rotatable bonds is 3. The van der Waals surface area contributed by atoms with E-state index in [1.807, 2.05) is 6.07 Å². The maximum Gasteiger partial charge on any atom is 0.122 e. The number of nitrogens with zero attached hydrogens (tertiary/aromatic N) is 1. The van der Waals surface area contributed by atoms with Crippen molar-refractivity contribution in [2.24, 2.45) is 0 Å². The largest absolute Gasteiger partial charge is 0.493 e. The number of aromatic nitrogens is 1. The van der Waals surface area contributed by atoms with Gasteiger partial charge >= 0.3 is 0 Å². The van der Waals surface area contributed by atoms with Gasteiger partial charge in [-0.3, -0.25) is 4.68 Å². The fraction of sp³-hybridized carbons (Fsp3) is 0.375. The Labute approximate surface area is 114 Å². The summed E-state index contributed by atoms with van der Waals surface area (Å²) < 4.78 is 7.87. The van der Waals surface area contributed by atoms with Crippen molar-refractivity contribution in [1.29, 1.82) is 0 Å². The zero-order valence-electron chi connectivity index (χ0n) is 11.5. The molecule has 0 spiro atoms. The van der Waals surface area contributed by atoms with Gasteiger partial charge in [0.05, 0.1) is 6.61 Å². The van der Waals surface area contributed by atoms with E-state index in [2.05, 4.69) is 54.3 Å². The standard InChI is InChI=1S/C16H20N2O/c1-12-7-8-13(2)18(12)17-11-14-9-10-19-16-6-4-3-5-15(14)16/h3-8,14,17H,9-11H2,1-2H3. The van der Waals surface area contributed by atoms with Gasteiger partial charge in [-0.15, -0.1) is 0 Å². The predicted octanol–water partition coefficient (Wildman–Crippen LogP) is 3.21. The maximum atomic E-state index is 5.70. The van der Waals surface area contributed by atoms with E-state index in [-0.39, 0.29) is 0 Å². The third kappa shape index (κ3) is 2.33. The van der Waals surface area contributed by atoms with Crippen LogP contribution in [0.2, 0.25) is 0 Å². The van der Waals surface area contributed by atoms with Crippen LogP contribution >= 0.6 is 0 Å². The van der Waals surface area contributed by atoms with Crippen LogP contribution in [0.3, 0.4) is 0 Å². The second-order valence-corrected chi connectivity index (χ2v) is 5.19.